The van der Waals surface area contributed by atoms with Crippen LogP contribution in [0.1, 0.15) is 30.6 Å². The Labute approximate surface area is 208 Å². The van der Waals surface area contributed by atoms with Gasteiger partial charge in [-0.15, -0.1) is 0 Å². The van der Waals surface area contributed by atoms with Crippen LogP contribution < -0.4 is 10.6 Å². The summed E-state index contributed by atoms with van der Waals surface area (Å²) in [4.78, 5) is 34.6. The van der Waals surface area contributed by atoms with E-state index in [4.69, 9.17) is 4.74 Å². The molecule has 11 nitrogen and oxygen atoms in total. The summed E-state index contributed by atoms with van der Waals surface area (Å²) in [6.45, 7) is 1.19. The molecule has 0 spiro atoms. The molecule has 0 aliphatic carbocycles. The maximum atomic E-state index is 13.0. The number of nitrogens with zero attached hydrogens (tertiary/aromatic N) is 2. The molecule has 0 saturated carbocycles. The van der Waals surface area contributed by atoms with Crippen LogP contribution in [-0.2, 0) is 4.74 Å². The highest BCUT2D eigenvalue weighted by Gasteiger charge is 2.43. The van der Waals surface area contributed by atoms with E-state index < -0.39 is 37.1 Å². The minimum atomic E-state index is -1.47. The second-order valence-electron chi connectivity index (χ2n) is 7.86. The Hall–Kier alpha value is -2.78. The average Bonchev–Trinajstić information content (AvgIpc) is 3.48. The van der Waals surface area contributed by atoms with Gasteiger partial charge in [0.15, 0.2) is 10.3 Å². The molecule has 35 heavy (non-hydrogen) atoms. The van der Waals surface area contributed by atoms with Crippen LogP contribution in [0.2, 0.25) is 0 Å². The topological polar surface area (TPSA) is 174 Å². The molecule has 4 rings (SSSR count). The van der Waals surface area contributed by atoms with Crippen LogP contribution in [0.5, 0.6) is 0 Å². The van der Waals surface area contributed by atoms with Gasteiger partial charge in [-0.05, 0) is 19.1 Å². The zero-order valence-corrected chi connectivity index (χ0v) is 20.1. The van der Waals surface area contributed by atoms with E-state index in [1.54, 1.807) is 31.2 Å². The van der Waals surface area contributed by atoms with Crippen LogP contribution >= 0.6 is 22.7 Å². The molecular weight excluding hydrogens is 496 g/mol. The summed E-state index contributed by atoms with van der Waals surface area (Å²) in [5.74, 6) is -0.616. The number of hydrogen-bond donors (Lipinski definition) is 6. The number of benzene rings is 1. The highest BCUT2D eigenvalue weighted by Crippen LogP contribution is 2.29. The number of rotatable bonds is 8. The van der Waals surface area contributed by atoms with Crippen LogP contribution in [0, 0.1) is 6.92 Å². The van der Waals surface area contributed by atoms with Gasteiger partial charge in [0.25, 0.3) is 5.91 Å². The van der Waals surface area contributed by atoms with E-state index in [0.717, 1.165) is 22.7 Å². The van der Waals surface area contributed by atoms with E-state index in [-0.39, 0.29) is 18.2 Å². The van der Waals surface area contributed by atoms with Crippen LogP contribution in [0.3, 0.4) is 0 Å². The average molecular weight is 521 g/mol. The molecule has 1 aliphatic heterocycles. The molecule has 3 unspecified atom stereocenters. The minimum absolute atomic E-state index is 0.0256. The summed E-state index contributed by atoms with van der Waals surface area (Å²) >= 11 is 2.16. The molecule has 1 saturated heterocycles. The summed E-state index contributed by atoms with van der Waals surface area (Å²) in [7, 11) is 0. The van der Waals surface area contributed by atoms with E-state index in [0.29, 0.717) is 31.3 Å². The third-order valence-corrected chi connectivity index (χ3v) is 7.46. The van der Waals surface area contributed by atoms with Gasteiger partial charge in [-0.1, -0.05) is 40.9 Å². The lowest BCUT2D eigenvalue weighted by Gasteiger charge is -2.40. The Morgan fingerprint density at radius 2 is 1.74 bits per heavy atom. The van der Waals surface area contributed by atoms with E-state index in [2.05, 4.69) is 20.6 Å². The fraction of sp³-hybridized carbons (Fsp3) is 0.364. The van der Waals surface area contributed by atoms with E-state index in [1.807, 2.05) is 6.07 Å². The number of ether oxygens (including phenoxy) is 1. The van der Waals surface area contributed by atoms with Crippen LogP contribution in [0.25, 0.3) is 0 Å². The Bertz CT molecular complexity index is 1180. The van der Waals surface area contributed by atoms with Gasteiger partial charge < -0.3 is 30.5 Å². The first-order chi connectivity index (χ1) is 16.8. The first kappa shape index (κ1) is 25.3. The first-order valence-corrected chi connectivity index (χ1v) is 12.3. The number of nitrogens with one attached hydrogen (secondary N) is 2. The summed E-state index contributed by atoms with van der Waals surface area (Å²) in [5.41, 5.74) is 0.957. The standard InChI is InChI=1S/C22H24N4O7S2/c1-10-19(35-22(25-10)26-20(32)11-5-3-2-4-6-11)17(30)14-8-24-21(34-14)23-7-12-15(28)18(31)16(29)13(9-27)33-12/h2-6,8,12-13,15-16,18,27-29,31H,7,9H2,1H3,(H,23,24)(H,25,26,32)/t12-,13?,15?,16-,18?/m1/s1. The Balaban J connectivity index is 1.39. The van der Waals surface area contributed by atoms with Crippen molar-refractivity contribution in [3.8, 4) is 0 Å². The van der Waals surface area contributed by atoms with Crippen molar-refractivity contribution in [1.29, 1.82) is 0 Å². The second-order valence-corrected chi connectivity index (χ2v) is 9.89. The molecule has 5 atom stereocenters. The Morgan fingerprint density at radius 1 is 1.03 bits per heavy atom. The zero-order valence-electron chi connectivity index (χ0n) is 18.5. The zero-order chi connectivity index (χ0) is 25.1. The molecule has 1 aromatic carbocycles. The Kier molecular flexibility index (Phi) is 7.86. The number of hydrogen-bond acceptors (Lipinski definition) is 12. The minimum Gasteiger partial charge on any atom is -0.394 e. The van der Waals surface area contributed by atoms with Gasteiger partial charge in [-0.2, -0.15) is 0 Å². The molecule has 1 aliphatic rings. The van der Waals surface area contributed by atoms with Gasteiger partial charge in [0.05, 0.1) is 23.4 Å². The number of amides is 1. The fourth-order valence-corrected chi connectivity index (χ4v) is 5.28. The SMILES string of the molecule is Cc1nc(NC(=O)c2ccccc2)sc1C(=O)c1cnc(NC[C@H]2OC(CO)[C@@H](O)C(O)C2O)s1. The van der Waals surface area contributed by atoms with Gasteiger partial charge in [0.2, 0.25) is 5.78 Å². The number of ketones is 1. The van der Waals surface area contributed by atoms with Gasteiger partial charge in [0.1, 0.15) is 35.4 Å². The molecule has 186 valence electrons. The van der Waals surface area contributed by atoms with Crippen molar-refractivity contribution >= 4 is 44.6 Å². The van der Waals surface area contributed by atoms with Crippen molar-refractivity contribution < 1.29 is 34.8 Å². The van der Waals surface area contributed by atoms with E-state index >= 15 is 0 Å². The van der Waals surface area contributed by atoms with Crippen molar-refractivity contribution in [2.75, 3.05) is 23.8 Å². The van der Waals surface area contributed by atoms with Crippen LogP contribution in [0.4, 0.5) is 10.3 Å². The maximum absolute atomic E-state index is 13.0. The molecule has 2 aromatic heterocycles. The largest absolute Gasteiger partial charge is 0.394 e. The number of aliphatic hydroxyl groups is 4. The summed E-state index contributed by atoms with van der Waals surface area (Å²) in [6.07, 6.45) is -4.77. The predicted molar refractivity (Wildman–Crippen MR) is 129 cm³/mol. The third kappa shape index (κ3) is 5.56. The van der Waals surface area contributed by atoms with Gasteiger partial charge in [-0.3, -0.25) is 14.9 Å². The number of thiazole rings is 2. The molecule has 13 heteroatoms. The number of aromatic nitrogens is 2. The molecule has 3 aromatic rings. The molecule has 3 heterocycles. The van der Waals surface area contributed by atoms with Crippen molar-refractivity contribution in [2.45, 2.75) is 37.4 Å². The molecule has 6 N–H and O–H groups in total. The van der Waals surface area contributed by atoms with Gasteiger partial charge in [0, 0.05) is 12.1 Å². The summed E-state index contributed by atoms with van der Waals surface area (Å²) < 4.78 is 5.45. The lowest BCUT2D eigenvalue weighted by atomic mass is 9.95. The van der Waals surface area contributed by atoms with E-state index in [9.17, 15) is 30.0 Å². The van der Waals surface area contributed by atoms with Crippen molar-refractivity contribution in [3.05, 3.63) is 57.5 Å². The van der Waals surface area contributed by atoms with Gasteiger partial charge >= 0.3 is 0 Å². The van der Waals surface area contributed by atoms with Crippen molar-refractivity contribution in [3.63, 3.8) is 0 Å². The number of anilines is 2. The molecular formula is C22H24N4O7S2. The normalized spacial score (nSPS) is 24.2. The number of carbonyl (C=O) groups excluding carboxylic acids is 2. The van der Waals surface area contributed by atoms with Crippen molar-refractivity contribution in [2.24, 2.45) is 0 Å². The molecule has 0 radical (unpaired) electrons. The molecule has 0 bridgehead atoms. The lowest BCUT2D eigenvalue weighted by molar-refractivity contribution is -0.225. The maximum Gasteiger partial charge on any atom is 0.257 e. The smallest absolute Gasteiger partial charge is 0.257 e. The Morgan fingerprint density at radius 3 is 2.46 bits per heavy atom. The lowest BCUT2D eigenvalue weighted by Crippen LogP contribution is -2.60. The van der Waals surface area contributed by atoms with E-state index in [1.165, 1.54) is 6.20 Å². The number of carbonyl (C=O) groups is 2. The van der Waals surface area contributed by atoms with Gasteiger partial charge in [-0.25, -0.2) is 9.97 Å². The summed E-state index contributed by atoms with van der Waals surface area (Å²) in [6, 6.07) is 8.67. The predicted octanol–water partition coefficient (Wildman–Crippen LogP) is 0.646. The van der Waals surface area contributed by atoms with Crippen LogP contribution in [0.15, 0.2) is 36.5 Å². The summed E-state index contributed by atoms with van der Waals surface area (Å²) in [5, 5.41) is 45.6. The number of aliphatic hydroxyl groups excluding tert-OH is 4. The second kappa shape index (κ2) is 10.9. The fourth-order valence-electron chi connectivity index (χ4n) is 3.53. The molecule has 1 fully saturated rings. The molecule has 1 amide bonds. The third-order valence-electron chi connectivity index (χ3n) is 5.43. The van der Waals surface area contributed by atoms with Crippen molar-refractivity contribution in [1.82, 2.24) is 9.97 Å². The monoisotopic (exact) mass is 520 g/mol. The highest BCUT2D eigenvalue weighted by atomic mass is 32.1. The van der Waals surface area contributed by atoms with Crippen LogP contribution in [-0.4, -0.2) is 85.8 Å². The quantitative estimate of drug-likeness (QED) is 0.231. The first-order valence-electron chi connectivity index (χ1n) is 10.7. The number of aryl methyl sites for hydroxylation is 1. The highest BCUT2D eigenvalue weighted by molar-refractivity contribution is 7.21.